The Morgan fingerprint density at radius 3 is 2.35 bits per heavy atom. The van der Waals surface area contributed by atoms with Crippen LogP contribution in [0.1, 0.15) is 60.3 Å². The second kappa shape index (κ2) is 9.62. The minimum absolute atomic E-state index is 0. The monoisotopic (exact) mass is 304 g/mol. The maximum atomic E-state index is 12.8. The van der Waals surface area contributed by atoms with Crippen molar-refractivity contribution in [2.24, 2.45) is 11.8 Å². The van der Waals surface area contributed by atoms with Gasteiger partial charge in [0.15, 0.2) is 0 Å². The van der Waals surface area contributed by atoms with Gasteiger partial charge in [-0.05, 0) is 45.1 Å². The van der Waals surface area contributed by atoms with Crippen LogP contribution in [-0.4, -0.2) is 36.0 Å². The van der Waals surface area contributed by atoms with Gasteiger partial charge in [0.25, 0.3) is 0 Å². The van der Waals surface area contributed by atoms with E-state index in [-0.39, 0.29) is 18.3 Å². The quantitative estimate of drug-likeness (QED) is 0.815. The van der Waals surface area contributed by atoms with E-state index in [9.17, 15) is 4.79 Å². The molecule has 4 heteroatoms. The van der Waals surface area contributed by atoms with Crippen molar-refractivity contribution in [2.45, 2.75) is 72.4 Å². The summed E-state index contributed by atoms with van der Waals surface area (Å²) in [5, 5.41) is 3.43. The molecule has 0 radical (unpaired) electrons. The lowest BCUT2D eigenvalue weighted by Crippen LogP contribution is -2.48. The van der Waals surface area contributed by atoms with Crippen LogP contribution in [0.15, 0.2) is 0 Å². The standard InChI is InChI=1S/C16H32N2O.ClH/c1-6-15(7-2)18(11-12(3)4)16(19)14-8-9-17-13(5)10-14;/h12-15,17H,6-11H2,1-5H3;1H/t13-,14-;/m0./s1. The van der Waals surface area contributed by atoms with Crippen molar-refractivity contribution in [2.75, 3.05) is 13.1 Å². The van der Waals surface area contributed by atoms with Crippen molar-refractivity contribution in [1.82, 2.24) is 10.2 Å². The topological polar surface area (TPSA) is 32.3 Å². The minimum atomic E-state index is 0. The number of halogens is 1. The lowest BCUT2D eigenvalue weighted by molar-refractivity contribution is -0.140. The molecule has 1 aliphatic heterocycles. The smallest absolute Gasteiger partial charge is 0.226 e. The van der Waals surface area contributed by atoms with Crippen LogP contribution in [-0.2, 0) is 4.79 Å². The van der Waals surface area contributed by atoms with Crippen molar-refractivity contribution < 1.29 is 4.79 Å². The highest BCUT2D eigenvalue weighted by molar-refractivity contribution is 5.85. The molecule has 120 valence electrons. The number of piperidine rings is 1. The minimum Gasteiger partial charge on any atom is -0.339 e. The highest BCUT2D eigenvalue weighted by Crippen LogP contribution is 2.22. The van der Waals surface area contributed by atoms with Crippen LogP contribution in [0.4, 0.5) is 0 Å². The molecule has 0 spiro atoms. The fourth-order valence-electron chi connectivity index (χ4n) is 3.13. The lowest BCUT2D eigenvalue weighted by atomic mass is 9.90. The lowest BCUT2D eigenvalue weighted by Gasteiger charge is -2.37. The van der Waals surface area contributed by atoms with Gasteiger partial charge >= 0.3 is 0 Å². The molecule has 1 saturated heterocycles. The molecule has 1 heterocycles. The first-order valence-corrected chi connectivity index (χ1v) is 8.03. The third kappa shape index (κ3) is 5.61. The SMILES string of the molecule is CCC(CC)N(CC(C)C)C(=O)[C@H]1CCN[C@@H](C)C1.Cl. The Morgan fingerprint density at radius 1 is 1.30 bits per heavy atom. The molecule has 0 aromatic carbocycles. The molecule has 0 unspecified atom stereocenters. The van der Waals surface area contributed by atoms with Gasteiger partial charge < -0.3 is 10.2 Å². The Kier molecular flexibility index (Phi) is 9.48. The van der Waals surface area contributed by atoms with Crippen LogP contribution in [0.5, 0.6) is 0 Å². The average molecular weight is 305 g/mol. The van der Waals surface area contributed by atoms with E-state index >= 15 is 0 Å². The van der Waals surface area contributed by atoms with Gasteiger partial charge in [-0.3, -0.25) is 4.79 Å². The first-order valence-electron chi connectivity index (χ1n) is 8.03. The summed E-state index contributed by atoms with van der Waals surface area (Å²) in [4.78, 5) is 15.0. The van der Waals surface area contributed by atoms with E-state index < -0.39 is 0 Å². The molecule has 0 aromatic heterocycles. The third-order valence-electron chi connectivity index (χ3n) is 4.20. The zero-order chi connectivity index (χ0) is 14.4. The summed E-state index contributed by atoms with van der Waals surface area (Å²) in [5.74, 6) is 1.18. The molecule has 0 bridgehead atoms. The summed E-state index contributed by atoms with van der Waals surface area (Å²) >= 11 is 0. The average Bonchev–Trinajstić information content (AvgIpc) is 2.37. The Bertz CT molecular complexity index is 280. The number of hydrogen-bond acceptors (Lipinski definition) is 2. The van der Waals surface area contributed by atoms with Crippen LogP contribution in [0.3, 0.4) is 0 Å². The Balaban J connectivity index is 0.00000361. The van der Waals surface area contributed by atoms with E-state index in [2.05, 4.69) is 44.8 Å². The van der Waals surface area contributed by atoms with Crippen molar-refractivity contribution in [3.8, 4) is 0 Å². The molecule has 1 amide bonds. The van der Waals surface area contributed by atoms with Gasteiger partial charge in [-0.25, -0.2) is 0 Å². The van der Waals surface area contributed by atoms with E-state index in [4.69, 9.17) is 0 Å². The molecular weight excluding hydrogens is 272 g/mol. The molecule has 0 aromatic rings. The van der Waals surface area contributed by atoms with Gasteiger partial charge in [0.05, 0.1) is 0 Å². The predicted octanol–water partition coefficient (Wildman–Crippen LogP) is 3.47. The van der Waals surface area contributed by atoms with Crippen LogP contribution < -0.4 is 5.32 Å². The first kappa shape index (κ1) is 19.7. The number of hydrogen-bond donors (Lipinski definition) is 1. The number of nitrogens with zero attached hydrogens (tertiary/aromatic N) is 1. The predicted molar refractivity (Wildman–Crippen MR) is 88.4 cm³/mol. The highest BCUT2D eigenvalue weighted by Gasteiger charge is 2.31. The summed E-state index contributed by atoms with van der Waals surface area (Å²) in [6.45, 7) is 12.9. The number of carbonyl (C=O) groups is 1. The fourth-order valence-corrected chi connectivity index (χ4v) is 3.13. The molecule has 1 aliphatic rings. The fraction of sp³-hybridized carbons (Fsp3) is 0.938. The van der Waals surface area contributed by atoms with E-state index in [0.717, 1.165) is 38.8 Å². The Hall–Kier alpha value is -0.280. The largest absolute Gasteiger partial charge is 0.339 e. The van der Waals surface area contributed by atoms with E-state index in [1.54, 1.807) is 0 Å². The highest BCUT2D eigenvalue weighted by atomic mass is 35.5. The molecule has 1 fully saturated rings. The van der Waals surface area contributed by atoms with Crippen LogP contribution >= 0.6 is 12.4 Å². The summed E-state index contributed by atoms with van der Waals surface area (Å²) < 4.78 is 0. The van der Waals surface area contributed by atoms with Crippen molar-refractivity contribution in [3.63, 3.8) is 0 Å². The van der Waals surface area contributed by atoms with Gasteiger partial charge in [0, 0.05) is 24.5 Å². The van der Waals surface area contributed by atoms with Gasteiger partial charge in [-0.15, -0.1) is 12.4 Å². The maximum Gasteiger partial charge on any atom is 0.226 e. The van der Waals surface area contributed by atoms with Gasteiger partial charge in [-0.2, -0.15) is 0 Å². The van der Waals surface area contributed by atoms with Crippen molar-refractivity contribution >= 4 is 18.3 Å². The van der Waals surface area contributed by atoms with Crippen LogP contribution in [0, 0.1) is 11.8 Å². The Morgan fingerprint density at radius 2 is 1.90 bits per heavy atom. The van der Waals surface area contributed by atoms with Gasteiger partial charge in [-0.1, -0.05) is 27.7 Å². The van der Waals surface area contributed by atoms with E-state index in [0.29, 0.717) is 23.9 Å². The zero-order valence-electron chi connectivity index (χ0n) is 13.8. The molecule has 1 rings (SSSR count). The number of nitrogens with one attached hydrogen (secondary N) is 1. The van der Waals surface area contributed by atoms with E-state index in [1.165, 1.54) is 0 Å². The summed E-state index contributed by atoms with van der Waals surface area (Å²) in [7, 11) is 0. The third-order valence-corrected chi connectivity index (χ3v) is 4.20. The molecule has 2 atom stereocenters. The second-order valence-corrected chi connectivity index (χ2v) is 6.43. The molecular formula is C16H33ClN2O. The number of rotatable bonds is 6. The van der Waals surface area contributed by atoms with E-state index in [1.807, 2.05) is 0 Å². The van der Waals surface area contributed by atoms with Gasteiger partial charge in [0.1, 0.15) is 0 Å². The summed E-state index contributed by atoms with van der Waals surface area (Å²) in [6.07, 6.45) is 4.12. The molecule has 0 saturated carbocycles. The Labute approximate surface area is 131 Å². The molecule has 1 N–H and O–H groups in total. The van der Waals surface area contributed by atoms with Crippen LogP contribution in [0.2, 0.25) is 0 Å². The number of amides is 1. The second-order valence-electron chi connectivity index (χ2n) is 6.43. The first-order chi connectivity index (χ1) is 8.99. The number of carbonyl (C=O) groups excluding carboxylic acids is 1. The van der Waals surface area contributed by atoms with Crippen molar-refractivity contribution in [3.05, 3.63) is 0 Å². The van der Waals surface area contributed by atoms with Gasteiger partial charge in [0.2, 0.25) is 5.91 Å². The molecule has 0 aliphatic carbocycles. The van der Waals surface area contributed by atoms with Crippen molar-refractivity contribution in [1.29, 1.82) is 0 Å². The normalized spacial score (nSPS) is 22.8. The summed E-state index contributed by atoms with van der Waals surface area (Å²) in [5.41, 5.74) is 0. The zero-order valence-corrected chi connectivity index (χ0v) is 14.6. The molecule has 20 heavy (non-hydrogen) atoms. The summed E-state index contributed by atoms with van der Waals surface area (Å²) in [6, 6.07) is 0.894. The van der Waals surface area contributed by atoms with Crippen LogP contribution in [0.25, 0.3) is 0 Å². The maximum absolute atomic E-state index is 12.8. The molecule has 3 nitrogen and oxygen atoms in total.